The summed E-state index contributed by atoms with van der Waals surface area (Å²) in [5.74, 6) is 0.0542. The molecule has 6 nitrogen and oxygen atoms in total. The molecule has 1 saturated heterocycles. The van der Waals surface area contributed by atoms with E-state index in [1.807, 2.05) is 0 Å². The van der Waals surface area contributed by atoms with Gasteiger partial charge in [0.25, 0.3) is 0 Å². The molecule has 0 spiro atoms. The van der Waals surface area contributed by atoms with Gasteiger partial charge in [0.2, 0.25) is 0 Å². The molecule has 19 heavy (non-hydrogen) atoms. The largest absolute Gasteiger partial charge is 0.481 e. The van der Waals surface area contributed by atoms with Gasteiger partial charge in [-0.1, -0.05) is 0 Å². The molecule has 0 saturated carbocycles. The van der Waals surface area contributed by atoms with Crippen molar-refractivity contribution in [2.24, 2.45) is 5.73 Å². The van der Waals surface area contributed by atoms with E-state index in [1.54, 1.807) is 0 Å². The summed E-state index contributed by atoms with van der Waals surface area (Å²) in [6, 6.07) is 0. The Bertz CT molecular complexity index is 317. The monoisotopic (exact) mass is 289 g/mol. The van der Waals surface area contributed by atoms with Crippen molar-refractivity contribution in [2.45, 2.75) is 37.6 Å². The van der Waals surface area contributed by atoms with Crippen molar-refractivity contribution >= 4 is 30.6 Å². The Balaban J connectivity index is 2.29. The molecule has 1 aliphatic rings. The van der Waals surface area contributed by atoms with Gasteiger partial charge in [0.15, 0.2) is 0 Å². The molecule has 4 N–H and O–H groups in total. The van der Waals surface area contributed by atoms with Gasteiger partial charge in [-0.2, -0.15) is 11.8 Å². The fourth-order valence-corrected chi connectivity index (χ4v) is 2.74. The van der Waals surface area contributed by atoms with Crippen molar-refractivity contribution < 1.29 is 24.4 Å². The number of carbonyl (C=O) groups excluding carboxylic acids is 1. The molecule has 0 aliphatic carbocycles. The summed E-state index contributed by atoms with van der Waals surface area (Å²) < 4.78 is 5.23. The number of carboxylic acid groups (broad SMARTS) is 1. The van der Waals surface area contributed by atoms with Crippen LogP contribution in [-0.4, -0.2) is 53.2 Å². The van der Waals surface area contributed by atoms with E-state index < -0.39 is 19.2 Å². The Kier molecular flexibility index (Phi) is 7.44. The van der Waals surface area contributed by atoms with Crippen LogP contribution in [-0.2, 0) is 14.2 Å². The Morgan fingerprint density at radius 1 is 1.37 bits per heavy atom. The number of nitrogens with two attached hydrogens (primary N) is 1. The third-order valence-corrected chi connectivity index (χ3v) is 4.06. The third-order valence-electron chi connectivity index (χ3n) is 3.01. The first kappa shape index (κ1) is 16.5. The second-order valence-corrected chi connectivity index (χ2v) is 5.77. The number of hydrogen-bond acceptors (Lipinski definition) is 6. The van der Waals surface area contributed by atoms with Crippen LogP contribution in [0.2, 0.25) is 5.82 Å². The molecule has 0 bridgehead atoms. The summed E-state index contributed by atoms with van der Waals surface area (Å²) in [4.78, 5) is 22.2. The molecule has 0 amide bonds. The molecule has 1 rings (SSSR count). The minimum atomic E-state index is -1.04. The molecule has 2 atom stereocenters. The second kappa shape index (κ2) is 8.57. The third kappa shape index (κ3) is 6.42. The molecule has 1 aliphatic heterocycles. The highest BCUT2D eigenvalue weighted by atomic mass is 32.2. The van der Waals surface area contributed by atoms with Crippen LogP contribution in [0.3, 0.4) is 0 Å². The number of carboxylic acids is 1. The van der Waals surface area contributed by atoms with Crippen molar-refractivity contribution in [1.29, 1.82) is 0 Å². The van der Waals surface area contributed by atoms with Crippen LogP contribution in [0.25, 0.3) is 0 Å². The number of Topliss-reactive ketones (excluding diaryl/α,β-unsaturated/α-hetero) is 1. The minimum absolute atomic E-state index is 0.0720. The van der Waals surface area contributed by atoms with Gasteiger partial charge in [0.1, 0.15) is 5.78 Å². The van der Waals surface area contributed by atoms with Crippen LogP contribution in [0, 0.1) is 0 Å². The second-order valence-electron chi connectivity index (χ2n) is 4.67. The molecular formula is C11H20BNO5S. The van der Waals surface area contributed by atoms with Crippen LogP contribution >= 0.6 is 11.8 Å². The minimum Gasteiger partial charge on any atom is -0.481 e. The van der Waals surface area contributed by atoms with E-state index in [4.69, 9.17) is 15.5 Å². The molecular weight excluding hydrogens is 269 g/mol. The maximum absolute atomic E-state index is 11.7. The average molecular weight is 289 g/mol. The molecule has 108 valence electrons. The topological polar surface area (TPSA) is 110 Å². The van der Waals surface area contributed by atoms with E-state index in [-0.39, 0.29) is 24.4 Å². The van der Waals surface area contributed by atoms with E-state index >= 15 is 0 Å². The fourth-order valence-electron chi connectivity index (χ4n) is 2.09. The van der Waals surface area contributed by atoms with Crippen LogP contribution in [0.1, 0.15) is 25.7 Å². The highest BCUT2D eigenvalue weighted by Gasteiger charge is 2.36. The fraction of sp³-hybridized carbons (Fsp3) is 0.818. The van der Waals surface area contributed by atoms with Crippen molar-refractivity contribution in [1.82, 2.24) is 0 Å². The summed E-state index contributed by atoms with van der Waals surface area (Å²) >= 11 is 1.49. The van der Waals surface area contributed by atoms with Gasteiger partial charge in [-0.25, -0.2) is 0 Å². The zero-order valence-electron chi connectivity index (χ0n) is 10.8. The number of hydrogen-bond donors (Lipinski definition) is 3. The van der Waals surface area contributed by atoms with E-state index in [9.17, 15) is 14.6 Å². The average Bonchev–Trinajstić information content (AvgIpc) is 2.32. The lowest BCUT2D eigenvalue weighted by molar-refractivity contribution is -0.139. The van der Waals surface area contributed by atoms with Gasteiger partial charge < -0.3 is 20.5 Å². The SMILES string of the molecule is NCCSCC(=O)C[C@H]1CC[C@@H](CC(=O)O)OB1O. The smallest absolute Gasteiger partial charge is 0.458 e. The normalized spacial score (nSPS) is 23.4. The van der Waals surface area contributed by atoms with Gasteiger partial charge >= 0.3 is 13.1 Å². The summed E-state index contributed by atoms with van der Waals surface area (Å²) in [5.41, 5.74) is 5.34. The maximum Gasteiger partial charge on any atom is 0.458 e. The van der Waals surface area contributed by atoms with Crippen LogP contribution in [0.4, 0.5) is 0 Å². The van der Waals surface area contributed by atoms with E-state index in [0.717, 1.165) is 5.75 Å². The van der Waals surface area contributed by atoms with Gasteiger partial charge in [0, 0.05) is 24.5 Å². The van der Waals surface area contributed by atoms with Crippen molar-refractivity contribution in [3.63, 3.8) is 0 Å². The van der Waals surface area contributed by atoms with Crippen molar-refractivity contribution in [2.75, 3.05) is 18.1 Å². The van der Waals surface area contributed by atoms with Crippen molar-refractivity contribution in [3.05, 3.63) is 0 Å². The Hall–Kier alpha value is -0.565. The number of ketones is 1. The summed E-state index contributed by atoms with van der Waals surface area (Å²) in [6.07, 6.45) is 0.900. The molecule has 1 fully saturated rings. The molecule has 0 unspecified atom stereocenters. The lowest BCUT2D eigenvalue weighted by Crippen LogP contribution is -2.38. The highest BCUT2D eigenvalue weighted by Crippen LogP contribution is 2.30. The summed E-state index contributed by atoms with van der Waals surface area (Å²) in [5, 5.41) is 18.4. The van der Waals surface area contributed by atoms with Gasteiger partial charge in [-0.3, -0.25) is 9.59 Å². The molecule has 0 aromatic rings. The predicted octanol–water partition coefficient (Wildman–Crippen LogP) is 0.142. The molecule has 1 heterocycles. The Morgan fingerprint density at radius 2 is 2.11 bits per heavy atom. The van der Waals surface area contributed by atoms with Gasteiger partial charge in [-0.15, -0.1) is 0 Å². The first-order valence-electron chi connectivity index (χ1n) is 6.37. The lowest BCUT2D eigenvalue weighted by atomic mass is 9.64. The summed E-state index contributed by atoms with van der Waals surface area (Å²) in [7, 11) is -1.04. The van der Waals surface area contributed by atoms with E-state index in [1.165, 1.54) is 11.8 Å². The number of carbonyl (C=O) groups is 2. The first-order valence-corrected chi connectivity index (χ1v) is 7.53. The Labute approximate surface area is 117 Å². The molecule has 8 heteroatoms. The zero-order valence-corrected chi connectivity index (χ0v) is 11.6. The van der Waals surface area contributed by atoms with E-state index in [0.29, 0.717) is 25.1 Å². The standard InChI is InChI=1S/C11H20BNO5S/c13-3-4-19-7-9(14)5-8-1-2-10(6-11(15)16)18-12(8)17/h8,10,17H,1-7,13H2,(H,15,16)/t8-,10+/m1/s1. The zero-order chi connectivity index (χ0) is 14.3. The first-order chi connectivity index (χ1) is 9.02. The highest BCUT2D eigenvalue weighted by molar-refractivity contribution is 7.99. The molecule has 0 aromatic carbocycles. The van der Waals surface area contributed by atoms with Crippen molar-refractivity contribution in [3.8, 4) is 0 Å². The molecule has 0 aromatic heterocycles. The number of aliphatic carboxylic acids is 1. The van der Waals surface area contributed by atoms with Crippen LogP contribution in [0.5, 0.6) is 0 Å². The number of rotatable bonds is 8. The molecule has 0 radical (unpaired) electrons. The lowest BCUT2D eigenvalue weighted by Gasteiger charge is -2.30. The van der Waals surface area contributed by atoms with E-state index in [2.05, 4.69) is 0 Å². The van der Waals surface area contributed by atoms with Crippen LogP contribution in [0.15, 0.2) is 0 Å². The quantitative estimate of drug-likeness (QED) is 0.430. The Morgan fingerprint density at radius 3 is 2.68 bits per heavy atom. The predicted molar refractivity (Wildman–Crippen MR) is 74.1 cm³/mol. The number of thioether (sulfide) groups is 1. The van der Waals surface area contributed by atoms with Gasteiger partial charge in [0.05, 0.1) is 18.3 Å². The van der Waals surface area contributed by atoms with Crippen LogP contribution < -0.4 is 5.73 Å². The maximum atomic E-state index is 11.7. The summed E-state index contributed by atoms with van der Waals surface area (Å²) in [6.45, 7) is 0.546. The van der Waals surface area contributed by atoms with Gasteiger partial charge in [-0.05, 0) is 12.8 Å².